The molecule has 31 heavy (non-hydrogen) atoms. The molecule has 9 nitrogen and oxygen atoms in total. The molecule has 0 amide bonds. The van der Waals surface area contributed by atoms with Crippen LogP contribution in [0.2, 0.25) is 5.22 Å². The molecule has 178 valence electrons. The Bertz CT molecular complexity index is 849. The van der Waals surface area contributed by atoms with Crippen molar-refractivity contribution in [3.8, 4) is 0 Å². The van der Waals surface area contributed by atoms with Crippen LogP contribution < -0.4 is 4.72 Å². The molecule has 2 fully saturated rings. The molecule has 3 rings (SSSR count). The Morgan fingerprint density at radius 2 is 2.10 bits per heavy atom. The van der Waals surface area contributed by atoms with E-state index in [1.807, 2.05) is 6.07 Å². The predicted octanol–water partition coefficient (Wildman–Crippen LogP) is 1.87. The predicted molar refractivity (Wildman–Crippen MR) is 103 cm³/mol. The van der Waals surface area contributed by atoms with E-state index in [1.165, 1.54) is 0 Å². The van der Waals surface area contributed by atoms with Crippen LogP contribution in [0.15, 0.2) is 16.5 Å². The molecule has 1 aromatic heterocycles. The molecule has 0 aromatic carbocycles. The van der Waals surface area contributed by atoms with Crippen LogP contribution in [0.3, 0.4) is 0 Å². The van der Waals surface area contributed by atoms with Gasteiger partial charge < -0.3 is 19.0 Å². The third-order valence-electron chi connectivity index (χ3n) is 4.59. The van der Waals surface area contributed by atoms with Gasteiger partial charge in [0.2, 0.25) is 10.0 Å². The summed E-state index contributed by atoms with van der Waals surface area (Å²) in [6.45, 7) is 3.61. The number of halogens is 4. The summed E-state index contributed by atoms with van der Waals surface area (Å²) in [7, 11) is -3.21. The van der Waals surface area contributed by atoms with Gasteiger partial charge >= 0.3 is 12.1 Å². The van der Waals surface area contributed by atoms with Gasteiger partial charge in [0.15, 0.2) is 5.22 Å². The zero-order chi connectivity index (χ0) is 23.3. The fraction of sp³-hybridized carbons (Fsp3) is 0.706. The fourth-order valence-corrected chi connectivity index (χ4v) is 3.93. The number of carboxylic acid groups (broad SMARTS) is 1. The van der Waals surface area contributed by atoms with E-state index in [2.05, 4.69) is 9.62 Å². The van der Waals surface area contributed by atoms with Crippen LogP contribution in [0.5, 0.6) is 0 Å². The first-order chi connectivity index (χ1) is 14.3. The van der Waals surface area contributed by atoms with Gasteiger partial charge in [-0.3, -0.25) is 4.90 Å². The van der Waals surface area contributed by atoms with Crippen molar-refractivity contribution in [2.75, 3.05) is 39.1 Å². The van der Waals surface area contributed by atoms with Crippen molar-refractivity contribution in [2.24, 2.45) is 0 Å². The summed E-state index contributed by atoms with van der Waals surface area (Å²) in [6, 6.07) is 3.61. The molecule has 2 atom stereocenters. The number of hydrogen-bond acceptors (Lipinski definition) is 7. The number of aliphatic carboxylic acids is 1. The molecule has 1 spiro atoms. The average molecular weight is 493 g/mol. The van der Waals surface area contributed by atoms with E-state index >= 15 is 0 Å². The van der Waals surface area contributed by atoms with Crippen molar-refractivity contribution in [1.82, 2.24) is 9.62 Å². The summed E-state index contributed by atoms with van der Waals surface area (Å²) in [4.78, 5) is 11.1. The van der Waals surface area contributed by atoms with Gasteiger partial charge in [-0.2, -0.15) is 13.2 Å². The van der Waals surface area contributed by atoms with Gasteiger partial charge in [0.05, 0.1) is 32.1 Å². The average Bonchev–Trinajstić information content (AvgIpc) is 3.16. The summed E-state index contributed by atoms with van der Waals surface area (Å²) >= 11 is 5.83. The van der Waals surface area contributed by atoms with E-state index < -0.39 is 27.8 Å². The lowest BCUT2D eigenvalue weighted by Crippen LogP contribution is -2.45. The first-order valence-corrected chi connectivity index (χ1v) is 11.5. The highest BCUT2D eigenvalue weighted by molar-refractivity contribution is 7.88. The van der Waals surface area contributed by atoms with Gasteiger partial charge in [-0.1, -0.05) is 0 Å². The Morgan fingerprint density at radius 3 is 2.65 bits per heavy atom. The molecule has 3 heterocycles. The Morgan fingerprint density at radius 1 is 1.42 bits per heavy atom. The number of carbonyl (C=O) groups is 1. The maximum atomic E-state index is 11.2. The van der Waals surface area contributed by atoms with E-state index in [0.29, 0.717) is 31.5 Å². The van der Waals surface area contributed by atoms with Crippen LogP contribution in [-0.2, 0) is 30.8 Å². The second kappa shape index (κ2) is 10.5. The van der Waals surface area contributed by atoms with Crippen molar-refractivity contribution in [3.05, 3.63) is 23.1 Å². The Hall–Kier alpha value is -1.38. The number of nitrogens with one attached hydrogen (secondary N) is 1. The third-order valence-corrected chi connectivity index (χ3v) is 5.49. The van der Waals surface area contributed by atoms with Gasteiger partial charge in [-0.05, 0) is 36.6 Å². The molecule has 2 saturated heterocycles. The van der Waals surface area contributed by atoms with Gasteiger partial charge in [-0.15, -0.1) is 0 Å². The molecule has 14 heteroatoms. The zero-order valence-corrected chi connectivity index (χ0v) is 18.2. The SMILES string of the molecule is CS(=O)(=O)NC[C@H]1CC[C@@]2(COCCN(Cc3ccc(Cl)o3)C2)O1.O=C(O)C(F)(F)F. The second-order valence-corrected chi connectivity index (χ2v) is 9.56. The molecular formula is C17H24ClF3N2O7S. The maximum absolute atomic E-state index is 11.2. The van der Waals surface area contributed by atoms with Crippen molar-refractivity contribution < 1.29 is 45.4 Å². The molecule has 0 aliphatic carbocycles. The lowest BCUT2D eigenvalue weighted by atomic mass is 10.00. The van der Waals surface area contributed by atoms with E-state index in [0.717, 1.165) is 37.9 Å². The molecule has 1 aromatic rings. The van der Waals surface area contributed by atoms with E-state index in [4.69, 9.17) is 35.4 Å². The van der Waals surface area contributed by atoms with Crippen molar-refractivity contribution in [3.63, 3.8) is 0 Å². The lowest BCUT2D eigenvalue weighted by molar-refractivity contribution is -0.192. The first-order valence-electron chi connectivity index (χ1n) is 9.25. The van der Waals surface area contributed by atoms with Gasteiger partial charge in [0, 0.05) is 19.6 Å². The lowest BCUT2D eigenvalue weighted by Gasteiger charge is -2.31. The first kappa shape index (κ1) is 25.9. The standard InChI is InChI=1S/C15H23ClN2O5S.C2HF3O2/c1-24(19,20)17-8-12-4-5-15(23-12)10-18(6-7-21-11-15)9-13-2-3-14(16)22-13;3-2(4,5)1(6)7/h2-3,12,17H,4-11H2,1H3;(H,6,7)/t12-,15-;/m1./s1. The summed E-state index contributed by atoms with van der Waals surface area (Å²) in [5.41, 5.74) is -0.392. The number of ether oxygens (including phenoxy) is 2. The third kappa shape index (κ3) is 8.94. The van der Waals surface area contributed by atoms with E-state index in [9.17, 15) is 21.6 Å². The smallest absolute Gasteiger partial charge is 0.475 e. The summed E-state index contributed by atoms with van der Waals surface area (Å²) in [6.07, 6.45) is -2.39. The molecule has 0 saturated carbocycles. The number of sulfonamides is 1. The minimum atomic E-state index is -5.08. The number of nitrogens with zero attached hydrogens (tertiary/aromatic N) is 1. The molecule has 2 aliphatic heterocycles. The van der Waals surface area contributed by atoms with Crippen LogP contribution in [-0.4, -0.2) is 81.4 Å². The maximum Gasteiger partial charge on any atom is 0.490 e. The molecular weight excluding hydrogens is 469 g/mol. The van der Waals surface area contributed by atoms with Crippen LogP contribution >= 0.6 is 11.6 Å². The highest BCUT2D eigenvalue weighted by Gasteiger charge is 2.43. The van der Waals surface area contributed by atoms with Crippen LogP contribution in [0.25, 0.3) is 0 Å². The second-order valence-electron chi connectivity index (χ2n) is 7.35. The number of hydrogen-bond donors (Lipinski definition) is 2. The van der Waals surface area contributed by atoms with E-state index in [-0.39, 0.29) is 6.10 Å². The van der Waals surface area contributed by atoms with Gasteiger partial charge in [0.1, 0.15) is 11.4 Å². The Kier molecular flexibility index (Phi) is 8.76. The molecule has 0 radical (unpaired) electrons. The molecule has 2 N–H and O–H groups in total. The van der Waals surface area contributed by atoms with Crippen LogP contribution in [0.1, 0.15) is 18.6 Å². The fourth-order valence-electron chi connectivity index (χ4n) is 3.28. The molecule has 0 unspecified atom stereocenters. The van der Waals surface area contributed by atoms with Gasteiger partial charge in [0.25, 0.3) is 0 Å². The monoisotopic (exact) mass is 492 g/mol. The largest absolute Gasteiger partial charge is 0.490 e. The molecule has 2 aliphatic rings. The minimum absolute atomic E-state index is 0.124. The normalized spacial score (nSPS) is 25.1. The molecule has 0 bridgehead atoms. The van der Waals surface area contributed by atoms with Crippen molar-refractivity contribution >= 4 is 27.6 Å². The highest BCUT2D eigenvalue weighted by atomic mass is 35.5. The quantitative estimate of drug-likeness (QED) is 0.639. The topological polar surface area (TPSA) is 118 Å². The zero-order valence-electron chi connectivity index (χ0n) is 16.7. The van der Waals surface area contributed by atoms with Crippen molar-refractivity contribution in [1.29, 1.82) is 0 Å². The summed E-state index contributed by atoms with van der Waals surface area (Å²) in [5, 5.41) is 7.51. The van der Waals surface area contributed by atoms with Crippen LogP contribution in [0.4, 0.5) is 13.2 Å². The van der Waals surface area contributed by atoms with Gasteiger partial charge in [-0.25, -0.2) is 17.9 Å². The van der Waals surface area contributed by atoms with Crippen LogP contribution in [0, 0.1) is 0 Å². The Balaban J connectivity index is 0.000000423. The van der Waals surface area contributed by atoms with Crippen molar-refractivity contribution in [2.45, 2.75) is 37.3 Å². The summed E-state index contributed by atoms with van der Waals surface area (Å²) < 4.78 is 74.1. The number of furan rings is 1. The number of carboxylic acids is 1. The minimum Gasteiger partial charge on any atom is -0.475 e. The number of rotatable bonds is 5. The van der Waals surface area contributed by atoms with E-state index in [1.54, 1.807) is 6.07 Å². The summed E-state index contributed by atoms with van der Waals surface area (Å²) in [5.74, 6) is -1.95. The Labute approximate surface area is 182 Å². The number of alkyl halides is 3. The highest BCUT2D eigenvalue weighted by Crippen LogP contribution is 2.33.